The van der Waals surface area contributed by atoms with Crippen molar-refractivity contribution >= 4 is 17.4 Å². The maximum atomic E-state index is 12.5. The van der Waals surface area contributed by atoms with E-state index in [1.807, 2.05) is 0 Å². The fourth-order valence-electron chi connectivity index (χ4n) is 3.35. The molecule has 0 saturated heterocycles. The number of alkyl halides is 3. The number of aromatic nitrogens is 1. The molecule has 2 amide bonds. The van der Waals surface area contributed by atoms with E-state index in [9.17, 15) is 23.1 Å². The van der Waals surface area contributed by atoms with Gasteiger partial charge in [0.25, 0.3) is 0 Å². The van der Waals surface area contributed by atoms with Gasteiger partial charge in [0.2, 0.25) is 5.88 Å². The van der Waals surface area contributed by atoms with Gasteiger partial charge in [-0.05, 0) is 66.9 Å². The molecular weight excluding hydrogens is 475 g/mol. The van der Waals surface area contributed by atoms with Crippen LogP contribution in [0.2, 0.25) is 0 Å². The number of nitrogens with zero attached hydrogens (tertiary/aromatic N) is 1. The van der Waals surface area contributed by atoms with E-state index in [1.165, 1.54) is 18.3 Å². The Hall–Kier alpha value is -4.31. The molecule has 0 radical (unpaired) electrons. The van der Waals surface area contributed by atoms with E-state index in [0.29, 0.717) is 24.2 Å². The molecule has 0 fully saturated rings. The Morgan fingerprint density at radius 1 is 0.972 bits per heavy atom. The smallest absolute Gasteiger partial charge is 0.437 e. The van der Waals surface area contributed by atoms with Crippen molar-refractivity contribution in [1.29, 1.82) is 0 Å². The molecule has 0 aliphatic carbocycles. The number of hydrogen-bond acceptors (Lipinski definition) is 5. The van der Waals surface area contributed by atoms with Crippen molar-refractivity contribution in [2.75, 3.05) is 10.6 Å². The van der Waals surface area contributed by atoms with E-state index < -0.39 is 23.7 Å². The molecule has 0 unspecified atom stereocenters. The Morgan fingerprint density at radius 2 is 1.67 bits per heavy atom. The number of halogens is 3. The number of aliphatic hydroxyl groups is 1. The van der Waals surface area contributed by atoms with Crippen LogP contribution in [0.5, 0.6) is 17.4 Å². The minimum Gasteiger partial charge on any atom is -0.437 e. The highest BCUT2D eigenvalue weighted by molar-refractivity contribution is 6.00. The highest BCUT2D eigenvalue weighted by atomic mass is 19.4. The van der Waals surface area contributed by atoms with Crippen LogP contribution in [0, 0.1) is 0 Å². The summed E-state index contributed by atoms with van der Waals surface area (Å²) in [7, 11) is 0. The van der Waals surface area contributed by atoms with E-state index in [-0.39, 0.29) is 17.3 Å². The first-order chi connectivity index (χ1) is 17.1. The molecule has 0 atom stereocenters. The maximum Gasteiger partial charge on any atom is 0.573 e. The van der Waals surface area contributed by atoms with E-state index in [0.717, 1.165) is 12.1 Å². The van der Waals surface area contributed by atoms with Crippen molar-refractivity contribution in [2.45, 2.75) is 24.8 Å². The fraction of sp³-hybridized carbons (Fsp3) is 0.154. The van der Waals surface area contributed by atoms with Gasteiger partial charge in [0.1, 0.15) is 17.2 Å². The lowest BCUT2D eigenvalue weighted by Crippen LogP contribution is -2.24. The summed E-state index contributed by atoms with van der Waals surface area (Å²) in [5.41, 5.74) is -0.120. The fourth-order valence-corrected chi connectivity index (χ4v) is 3.35. The first kappa shape index (κ1) is 26.3. The van der Waals surface area contributed by atoms with Gasteiger partial charge in [-0.1, -0.05) is 24.3 Å². The topological polar surface area (TPSA) is 92.7 Å². The molecule has 7 nitrogen and oxygen atoms in total. The Bertz CT molecular complexity index is 1200. The number of amides is 2. The van der Waals surface area contributed by atoms with Gasteiger partial charge in [-0.3, -0.25) is 0 Å². The Labute approximate surface area is 205 Å². The van der Waals surface area contributed by atoms with Crippen LogP contribution in [-0.2, 0) is 5.60 Å². The second kappa shape index (κ2) is 11.4. The highest BCUT2D eigenvalue weighted by Gasteiger charge is 2.31. The highest BCUT2D eigenvalue weighted by Crippen LogP contribution is 2.34. The van der Waals surface area contributed by atoms with E-state index >= 15 is 0 Å². The zero-order valence-corrected chi connectivity index (χ0v) is 19.1. The summed E-state index contributed by atoms with van der Waals surface area (Å²) in [5, 5.41) is 16.1. The summed E-state index contributed by atoms with van der Waals surface area (Å²) in [6.07, 6.45) is 0.525. The number of hydrogen-bond donors (Lipinski definition) is 3. The third-order valence-electron chi connectivity index (χ3n) is 4.92. The van der Waals surface area contributed by atoms with Gasteiger partial charge in [0.05, 0.1) is 5.60 Å². The van der Waals surface area contributed by atoms with Crippen LogP contribution in [-0.4, -0.2) is 22.5 Å². The molecule has 1 heterocycles. The molecule has 3 rings (SSSR count). The quantitative estimate of drug-likeness (QED) is 0.268. The van der Waals surface area contributed by atoms with Crippen LogP contribution in [0.1, 0.15) is 18.4 Å². The second-order valence-electron chi connectivity index (χ2n) is 7.65. The standard InChI is InChI=1S/C26H24F3N3O4/c1-3-14-25(34,15-4-2)18-7-5-8-21(17-18)35-23-22(9-6-16-30-23)32-24(33)31-19-10-12-20(13-11-19)36-26(27,28)29/h3-13,16-17,34H,1-2,14-15H2,(H2,31,32,33). The molecular formula is C26H24F3N3O4. The van der Waals surface area contributed by atoms with Crippen molar-refractivity contribution in [1.82, 2.24) is 4.98 Å². The molecule has 0 saturated carbocycles. The zero-order valence-electron chi connectivity index (χ0n) is 19.1. The molecule has 1 aromatic heterocycles. The lowest BCUT2D eigenvalue weighted by molar-refractivity contribution is -0.274. The maximum absolute atomic E-state index is 12.5. The molecule has 188 valence electrons. The number of rotatable bonds is 10. The Balaban J connectivity index is 1.71. The van der Waals surface area contributed by atoms with Gasteiger partial charge in [-0.2, -0.15) is 0 Å². The lowest BCUT2D eigenvalue weighted by atomic mass is 9.87. The monoisotopic (exact) mass is 499 g/mol. The van der Waals surface area contributed by atoms with Crippen LogP contribution in [0.15, 0.2) is 92.2 Å². The number of pyridine rings is 1. The van der Waals surface area contributed by atoms with Gasteiger partial charge in [-0.15, -0.1) is 26.3 Å². The van der Waals surface area contributed by atoms with Crippen LogP contribution in [0.25, 0.3) is 0 Å². The van der Waals surface area contributed by atoms with Crippen LogP contribution < -0.4 is 20.1 Å². The molecule has 3 N–H and O–H groups in total. The average molecular weight is 499 g/mol. The first-order valence-corrected chi connectivity index (χ1v) is 10.7. The van der Waals surface area contributed by atoms with E-state index in [2.05, 4.69) is 33.5 Å². The number of carbonyl (C=O) groups is 1. The molecule has 0 spiro atoms. The molecule has 36 heavy (non-hydrogen) atoms. The van der Waals surface area contributed by atoms with Gasteiger partial charge in [0.15, 0.2) is 0 Å². The SMILES string of the molecule is C=CCC(O)(CC=C)c1cccc(Oc2ncccc2NC(=O)Nc2ccc(OC(F)(F)F)cc2)c1. The molecule has 2 aromatic carbocycles. The molecule has 0 bridgehead atoms. The Kier molecular flexibility index (Phi) is 8.34. The van der Waals surface area contributed by atoms with Gasteiger partial charge < -0.3 is 25.2 Å². The van der Waals surface area contributed by atoms with Crippen molar-refractivity contribution in [3.8, 4) is 17.4 Å². The third kappa shape index (κ3) is 7.34. The van der Waals surface area contributed by atoms with Gasteiger partial charge in [0, 0.05) is 11.9 Å². The predicted molar refractivity (Wildman–Crippen MR) is 130 cm³/mol. The molecule has 3 aromatic rings. The summed E-state index contributed by atoms with van der Waals surface area (Å²) in [6, 6.07) is 14.0. The van der Waals surface area contributed by atoms with Crippen LogP contribution in [0.4, 0.5) is 29.3 Å². The van der Waals surface area contributed by atoms with Gasteiger partial charge in [-0.25, -0.2) is 9.78 Å². The van der Waals surface area contributed by atoms with Crippen molar-refractivity contribution in [2.24, 2.45) is 0 Å². The number of benzene rings is 2. The van der Waals surface area contributed by atoms with Crippen molar-refractivity contribution < 1.29 is 32.5 Å². The largest absolute Gasteiger partial charge is 0.573 e. The summed E-state index contributed by atoms with van der Waals surface area (Å²) in [4.78, 5) is 16.6. The lowest BCUT2D eigenvalue weighted by Gasteiger charge is -2.26. The molecule has 0 aliphatic rings. The number of anilines is 2. The van der Waals surface area contributed by atoms with E-state index in [1.54, 1.807) is 48.6 Å². The summed E-state index contributed by atoms with van der Waals surface area (Å²) in [5.74, 6) is 0.0582. The van der Waals surface area contributed by atoms with E-state index in [4.69, 9.17) is 4.74 Å². The summed E-state index contributed by atoms with van der Waals surface area (Å²) >= 11 is 0. The zero-order chi connectivity index (χ0) is 26.2. The first-order valence-electron chi connectivity index (χ1n) is 10.7. The van der Waals surface area contributed by atoms with Crippen molar-refractivity contribution in [3.63, 3.8) is 0 Å². The minimum atomic E-state index is -4.81. The average Bonchev–Trinajstić information content (AvgIpc) is 2.81. The predicted octanol–water partition coefficient (Wildman–Crippen LogP) is 6.76. The second-order valence-corrected chi connectivity index (χ2v) is 7.65. The third-order valence-corrected chi connectivity index (χ3v) is 4.92. The van der Waals surface area contributed by atoms with Crippen LogP contribution >= 0.6 is 0 Å². The van der Waals surface area contributed by atoms with Gasteiger partial charge >= 0.3 is 12.4 Å². The Morgan fingerprint density at radius 3 is 2.31 bits per heavy atom. The normalized spacial score (nSPS) is 11.3. The molecule has 0 aliphatic heterocycles. The number of carbonyl (C=O) groups excluding carboxylic acids is 1. The van der Waals surface area contributed by atoms with Crippen molar-refractivity contribution in [3.05, 3.63) is 97.7 Å². The summed E-state index contributed by atoms with van der Waals surface area (Å²) < 4.78 is 46.6. The number of ether oxygens (including phenoxy) is 2. The molecule has 10 heteroatoms. The minimum absolute atomic E-state index is 0.0923. The van der Waals surface area contributed by atoms with Crippen LogP contribution in [0.3, 0.4) is 0 Å². The summed E-state index contributed by atoms with van der Waals surface area (Å²) in [6.45, 7) is 7.40. The number of nitrogens with one attached hydrogen (secondary N) is 2. The number of urea groups is 1.